The molecule has 1 rings (SSSR count). The molecule has 1 saturated heterocycles. The van der Waals surface area contributed by atoms with Crippen LogP contribution in [0.15, 0.2) is 0 Å². The summed E-state index contributed by atoms with van der Waals surface area (Å²) < 4.78 is 0. The largest absolute Gasteiger partial charge is 0.368 e. The third kappa shape index (κ3) is 4.29. The average molecular weight is 213 g/mol. The molecule has 0 spiro atoms. The average Bonchev–Trinajstić information content (AvgIpc) is 2.18. The van der Waals surface area contributed by atoms with Gasteiger partial charge >= 0.3 is 0 Å². The number of amides is 2. The van der Waals surface area contributed by atoms with Gasteiger partial charge in [-0.05, 0) is 38.8 Å². The van der Waals surface area contributed by atoms with Crippen molar-refractivity contribution >= 4 is 11.8 Å². The van der Waals surface area contributed by atoms with Crippen molar-refractivity contribution in [3.05, 3.63) is 0 Å². The van der Waals surface area contributed by atoms with Gasteiger partial charge in [0.25, 0.3) is 0 Å². The number of primary amides is 1. The molecule has 1 aliphatic rings. The number of rotatable bonds is 4. The summed E-state index contributed by atoms with van der Waals surface area (Å²) in [7, 11) is 0. The van der Waals surface area contributed by atoms with Gasteiger partial charge in [0, 0.05) is 6.42 Å². The summed E-state index contributed by atoms with van der Waals surface area (Å²) in [6.07, 6.45) is 2.55. The Balaban J connectivity index is 2.25. The summed E-state index contributed by atoms with van der Waals surface area (Å²) in [5.74, 6) is -0.131. The van der Waals surface area contributed by atoms with E-state index >= 15 is 0 Å². The summed E-state index contributed by atoms with van der Waals surface area (Å²) in [6, 6.07) is -0.570. The highest BCUT2D eigenvalue weighted by atomic mass is 16.2. The van der Waals surface area contributed by atoms with E-state index in [-0.39, 0.29) is 5.91 Å². The Labute approximate surface area is 89.8 Å². The van der Waals surface area contributed by atoms with E-state index in [2.05, 4.69) is 10.6 Å². The van der Waals surface area contributed by atoms with Gasteiger partial charge in [-0.25, -0.2) is 0 Å². The fourth-order valence-electron chi connectivity index (χ4n) is 1.72. The molecule has 0 aromatic rings. The summed E-state index contributed by atoms with van der Waals surface area (Å²) in [6.45, 7) is 3.55. The topological polar surface area (TPSA) is 84.2 Å². The monoisotopic (exact) mass is 213 g/mol. The minimum absolute atomic E-state index is 0.0757. The predicted molar refractivity (Wildman–Crippen MR) is 57.0 cm³/mol. The molecule has 5 heteroatoms. The van der Waals surface area contributed by atoms with E-state index in [0.29, 0.717) is 12.3 Å². The number of nitrogens with one attached hydrogen (secondary N) is 2. The van der Waals surface area contributed by atoms with Crippen LogP contribution < -0.4 is 16.4 Å². The van der Waals surface area contributed by atoms with Gasteiger partial charge in [0.2, 0.25) is 11.8 Å². The standard InChI is InChI=1S/C10H19N3O2/c1-7(10(11)15)13-9(14)6-8-2-4-12-5-3-8/h7-8,12H,2-6H2,1H3,(H2,11,15)(H,13,14). The van der Waals surface area contributed by atoms with Crippen LogP contribution in [0.1, 0.15) is 26.2 Å². The number of hydrogen-bond donors (Lipinski definition) is 3. The van der Waals surface area contributed by atoms with E-state index in [1.165, 1.54) is 0 Å². The van der Waals surface area contributed by atoms with Crippen LogP contribution in [-0.4, -0.2) is 30.9 Å². The Hall–Kier alpha value is -1.10. The molecule has 0 aromatic heterocycles. The zero-order valence-electron chi connectivity index (χ0n) is 9.08. The van der Waals surface area contributed by atoms with Crippen LogP contribution in [0.4, 0.5) is 0 Å². The highest BCUT2D eigenvalue weighted by Gasteiger charge is 2.18. The molecular formula is C10H19N3O2. The van der Waals surface area contributed by atoms with Gasteiger partial charge in [0.05, 0.1) is 0 Å². The minimum Gasteiger partial charge on any atom is -0.368 e. The zero-order valence-corrected chi connectivity index (χ0v) is 9.08. The molecule has 1 atom stereocenters. The number of carbonyl (C=O) groups excluding carboxylic acids is 2. The van der Waals surface area contributed by atoms with Gasteiger partial charge in [-0.1, -0.05) is 0 Å². The highest BCUT2D eigenvalue weighted by molar-refractivity contribution is 5.86. The molecule has 0 aliphatic carbocycles. The second-order valence-electron chi connectivity index (χ2n) is 4.09. The predicted octanol–water partition coefficient (Wildman–Crippen LogP) is -0.634. The molecule has 1 fully saturated rings. The van der Waals surface area contributed by atoms with Crippen LogP contribution in [0.2, 0.25) is 0 Å². The number of piperidine rings is 1. The van der Waals surface area contributed by atoms with Gasteiger partial charge < -0.3 is 16.4 Å². The zero-order chi connectivity index (χ0) is 11.3. The van der Waals surface area contributed by atoms with Crippen molar-refractivity contribution in [1.82, 2.24) is 10.6 Å². The lowest BCUT2D eigenvalue weighted by molar-refractivity contribution is -0.127. The number of nitrogens with two attached hydrogens (primary N) is 1. The quantitative estimate of drug-likeness (QED) is 0.581. The second kappa shape index (κ2) is 5.70. The van der Waals surface area contributed by atoms with Crippen molar-refractivity contribution in [1.29, 1.82) is 0 Å². The van der Waals surface area contributed by atoms with Crippen LogP contribution in [0, 0.1) is 5.92 Å². The van der Waals surface area contributed by atoms with Crippen LogP contribution in [0.3, 0.4) is 0 Å². The van der Waals surface area contributed by atoms with Crippen molar-refractivity contribution in [3.8, 4) is 0 Å². The van der Waals surface area contributed by atoms with Gasteiger partial charge in [0.1, 0.15) is 6.04 Å². The second-order valence-corrected chi connectivity index (χ2v) is 4.09. The smallest absolute Gasteiger partial charge is 0.239 e. The van der Waals surface area contributed by atoms with Crippen LogP contribution in [0.5, 0.6) is 0 Å². The SMILES string of the molecule is CC(NC(=O)CC1CCNCC1)C(N)=O. The molecule has 0 saturated carbocycles. The third-order valence-electron chi connectivity index (χ3n) is 2.74. The van der Waals surface area contributed by atoms with Gasteiger partial charge in [0.15, 0.2) is 0 Å². The van der Waals surface area contributed by atoms with Crippen molar-refractivity contribution in [3.63, 3.8) is 0 Å². The van der Waals surface area contributed by atoms with Gasteiger partial charge in [-0.2, -0.15) is 0 Å². The Morgan fingerprint density at radius 1 is 1.47 bits per heavy atom. The van der Waals surface area contributed by atoms with Gasteiger partial charge in [-0.15, -0.1) is 0 Å². The summed E-state index contributed by atoms with van der Waals surface area (Å²) in [4.78, 5) is 22.2. The number of hydrogen-bond acceptors (Lipinski definition) is 3. The fourth-order valence-corrected chi connectivity index (χ4v) is 1.72. The highest BCUT2D eigenvalue weighted by Crippen LogP contribution is 2.15. The normalized spacial score (nSPS) is 19.5. The lowest BCUT2D eigenvalue weighted by Crippen LogP contribution is -2.43. The van der Waals surface area contributed by atoms with Crippen LogP contribution in [-0.2, 0) is 9.59 Å². The van der Waals surface area contributed by atoms with Crippen molar-refractivity contribution < 1.29 is 9.59 Å². The maximum Gasteiger partial charge on any atom is 0.239 e. The molecule has 5 nitrogen and oxygen atoms in total. The van der Waals surface area contributed by atoms with E-state index in [4.69, 9.17) is 5.73 Å². The molecule has 1 aliphatic heterocycles. The molecule has 1 heterocycles. The first-order valence-electron chi connectivity index (χ1n) is 5.39. The molecule has 4 N–H and O–H groups in total. The van der Waals surface area contributed by atoms with Gasteiger partial charge in [-0.3, -0.25) is 9.59 Å². The summed E-state index contributed by atoms with van der Waals surface area (Å²) in [5, 5.41) is 5.83. The lowest BCUT2D eigenvalue weighted by Gasteiger charge is -2.22. The van der Waals surface area contributed by atoms with Crippen LogP contribution in [0.25, 0.3) is 0 Å². The van der Waals surface area contributed by atoms with E-state index in [0.717, 1.165) is 25.9 Å². The molecule has 0 radical (unpaired) electrons. The van der Waals surface area contributed by atoms with E-state index in [1.807, 2.05) is 0 Å². The Morgan fingerprint density at radius 2 is 2.07 bits per heavy atom. The van der Waals surface area contributed by atoms with Crippen molar-refractivity contribution in [2.45, 2.75) is 32.2 Å². The molecule has 1 unspecified atom stereocenters. The molecule has 86 valence electrons. The summed E-state index contributed by atoms with van der Waals surface area (Å²) in [5.41, 5.74) is 5.05. The van der Waals surface area contributed by atoms with E-state index in [1.54, 1.807) is 6.92 Å². The molecule has 2 amide bonds. The Morgan fingerprint density at radius 3 is 2.60 bits per heavy atom. The Bertz CT molecular complexity index is 237. The van der Waals surface area contributed by atoms with Crippen molar-refractivity contribution in [2.75, 3.05) is 13.1 Å². The van der Waals surface area contributed by atoms with E-state index in [9.17, 15) is 9.59 Å². The molecule has 0 bridgehead atoms. The maximum atomic E-state index is 11.5. The minimum atomic E-state index is -0.570. The maximum absolute atomic E-state index is 11.5. The number of carbonyl (C=O) groups is 2. The first-order valence-corrected chi connectivity index (χ1v) is 5.39. The molecule has 15 heavy (non-hydrogen) atoms. The molecular weight excluding hydrogens is 194 g/mol. The van der Waals surface area contributed by atoms with Crippen LogP contribution >= 0.6 is 0 Å². The third-order valence-corrected chi connectivity index (χ3v) is 2.74. The first-order chi connectivity index (χ1) is 7.09. The molecule has 0 aromatic carbocycles. The fraction of sp³-hybridized carbons (Fsp3) is 0.800. The lowest BCUT2D eigenvalue weighted by atomic mass is 9.94. The summed E-state index contributed by atoms with van der Waals surface area (Å²) >= 11 is 0. The van der Waals surface area contributed by atoms with E-state index < -0.39 is 11.9 Å². The Kier molecular flexibility index (Phi) is 4.55. The first kappa shape index (κ1) is 12.0. The van der Waals surface area contributed by atoms with Crippen molar-refractivity contribution in [2.24, 2.45) is 11.7 Å².